The van der Waals surface area contributed by atoms with Crippen LogP contribution in [0.3, 0.4) is 0 Å². The van der Waals surface area contributed by atoms with Gasteiger partial charge >= 0.3 is 0 Å². The molecule has 4 nitrogen and oxygen atoms in total. The fourth-order valence-corrected chi connectivity index (χ4v) is 3.76. The molecule has 3 rings (SSSR count). The predicted octanol–water partition coefficient (Wildman–Crippen LogP) is 3.73. The van der Waals surface area contributed by atoms with Gasteiger partial charge in [0.15, 0.2) is 0 Å². The Morgan fingerprint density at radius 3 is 2.71 bits per heavy atom. The molecule has 1 amide bonds. The van der Waals surface area contributed by atoms with E-state index in [2.05, 4.69) is 17.3 Å². The topological polar surface area (TPSA) is 46.9 Å². The van der Waals surface area contributed by atoms with E-state index in [9.17, 15) is 4.79 Å². The summed E-state index contributed by atoms with van der Waals surface area (Å²) >= 11 is 0. The maximum atomic E-state index is 12.5. The van der Waals surface area contributed by atoms with E-state index in [4.69, 9.17) is 0 Å². The number of amides is 1. The van der Waals surface area contributed by atoms with Crippen molar-refractivity contribution in [3.05, 3.63) is 47.3 Å². The largest absolute Gasteiger partial charge is 0.353 e. The first-order valence-electron chi connectivity index (χ1n) is 8.94. The maximum Gasteiger partial charge on any atom is 0.224 e. The SMILES string of the molecule is Cc1nn(-c2ccccc2)c(C)c1CC(=O)NC1CCCC(C)C1. The second-order valence-corrected chi connectivity index (χ2v) is 7.11. The highest BCUT2D eigenvalue weighted by Gasteiger charge is 2.22. The second-order valence-electron chi connectivity index (χ2n) is 7.11. The molecule has 1 N–H and O–H groups in total. The number of hydrogen-bond acceptors (Lipinski definition) is 2. The average molecular weight is 325 g/mol. The first kappa shape index (κ1) is 16.7. The van der Waals surface area contributed by atoms with Gasteiger partial charge in [-0.1, -0.05) is 38.0 Å². The van der Waals surface area contributed by atoms with Crippen LogP contribution in [0.4, 0.5) is 0 Å². The summed E-state index contributed by atoms with van der Waals surface area (Å²) in [6.07, 6.45) is 5.13. The summed E-state index contributed by atoms with van der Waals surface area (Å²) in [4.78, 5) is 12.5. The molecule has 0 spiro atoms. The van der Waals surface area contributed by atoms with Crippen LogP contribution in [-0.4, -0.2) is 21.7 Å². The van der Waals surface area contributed by atoms with Crippen molar-refractivity contribution >= 4 is 5.91 Å². The number of benzene rings is 1. The molecule has 0 saturated heterocycles. The second kappa shape index (κ2) is 7.20. The van der Waals surface area contributed by atoms with E-state index in [0.717, 1.165) is 35.5 Å². The van der Waals surface area contributed by atoms with Gasteiger partial charge in [-0.15, -0.1) is 0 Å². The lowest BCUT2D eigenvalue weighted by Gasteiger charge is -2.27. The highest BCUT2D eigenvalue weighted by molar-refractivity contribution is 5.79. The smallest absolute Gasteiger partial charge is 0.224 e. The van der Waals surface area contributed by atoms with E-state index in [0.29, 0.717) is 18.4 Å². The van der Waals surface area contributed by atoms with Gasteiger partial charge in [-0.3, -0.25) is 4.79 Å². The molecular formula is C20H27N3O. The molecule has 128 valence electrons. The fraction of sp³-hybridized carbons (Fsp3) is 0.500. The van der Waals surface area contributed by atoms with E-state index in [1.807, 2.05) is 48.9 Å². The zero-order valence-corrected chi connectivity index (χ0v) is 14.9. The van der Waals surface area contributed by atoms with Crippen LogP contribution in [0.5, 0.6) is 0 Å². The summed E-state index contributed by atoms with van der Waals surface area (Å²) in [6, 6.07) is 10.4. The predicted molar refractivity (Wildman–Crippen MR) is 96.3 cm³/mol. The number of aromatic nitrogens is 2. The Labute approximate surface area is 144 Å². The number of para-hydroxylation sites is 1. The molecule has 2 aromatic rings. The van der Waals surface area contributed by atoms with Gasteiger partial charge in [0, 0.05) is 17.3 Å². The first-order valence-corrected chi connectivity index (χ1v) is 8.94. The van der Waals surface area contributed by atoms with E-state index in [1.165, 1.54) is 12.8 Å². The molecule has 0 bridgehead atoms. The quantitative estimate of drug-likeness (QED) is 0.931. The van der Waals surface area contributed by atoms with Crippen LogP contribution in [0.15, 0.2) is 30.3 Å². The van der Waals surface area contributed by atoms with Crippen molar-refractivity contribution in [3.63, 3.8) is 0 Å². The number of hydrogen-bond donors (Lipinski definition) is 1. The van der Waals surface area contributed by atoms with Gasteiger partial charge in [-0.25, -0.2) is 4.68 Å². The molecule has 0 radical (unpaired) electrons. The standard InChI is InChI=1S/C20H27N3O/c1-14-8-7-9-17(12-14)21-20(24)13-19-15(2)22-23(16(19)3)18-10-5-4-6-11-18/h4-6,10-11,14,17H,7-9,12-13H2,1-3H3,(H,21,24). The van der Waals surface area contributed by atoms with E-state index < -0.39 is 0 Å². The molecule has 1 aromatic heterocycles. The first-order chi connectivity index (χ1) is 11.5. The van der Waals surface area contributed by atoms with Gasteiger partial charge in [0.1, 0.15) is 0 Å². The fourth-order valence-electron chi connectivity index (χ4n) is 3.76. The van der Waals surface area contributed by atoms with Crippen molar-refractivity contribution in [1.82, 2.24) is 15.1 Å². The maximum absolute atomic E-state index is 12.5. The Kier molecular flexibility index (Phi) is 5.03. The highest BCUT2D eigenvalue weighted by Crippen LogP contribution is 2.24. The lowest BCUT2D eigenvalue weighted by Crippen LogP contribution is -2.38. The highest BCUT2D eigenvalue weighted by atomic mass is 16.1. The molecule has 1 aliphatic rings. The van der Waals surface area contributed by atoms with E-state index in [-0.39, 0.29) is 5.91 Å². The van der Waals surface area contributed by atoms with Crippen molar-refractivity contribution in [1.29, 1.82) is 0 Å². The summed E-state index contributed by atoms with van der Waals surface area (Å²) in [5.74, 6) is 0.835. The third-order valence-electron chi connectivity index (χ3n) is 5.08. The zero-order chi connectivity index (χ0) is 17.1. The van der Waals surface area contributed by atoms with Crippen LogP contribution < -0.4 is 5.32 Å². The molecule has 1 aliphatic carbocycles. The van der Waals surface area contributed by atoms with Crippen molar-refractivity contribution in [3.8, 4) is 5.69 Å². The summed E-state index contributed by atoms with van der Waals surface area (Å²) < 4.78 is 1.93. The molecule has 1 saturated carbocycles. The zero-order valence-electron chi connectivity index (χ0n) is 14.9. The minimum absolute atomic E-state index is 0.118. The number of aryl methyl sites for hydroxylation is 1. The average Bonchev–Trinajstić information content (AvgIpc) is 2.84. The number of rotatable bonds is 4. The monoisotopic (exact) mass is 325 g/mol. The summed E-state index contributed by atoms with van der Waals surface area (Å²) in [7, 11) is 0. The van der Waals surface area contributed by atoms with Gasteiger partial charge < -0.3 is 5.32 Å². The minimum atomic E-state index is 0.118. The summed E-state index contributed by atoms with van der Waals surface area (Å²) in [6.45, 7) is 6.30. The van der Waals surface area contributed by atoms with Gasteiger partial charge in [0.25, 0.3) is 0 Å². The third kappa shape index (κ3) is 3.69. The van der Waals surface area contributed by atoms with Gasteiger partial charge in [0.05, 0.1) is 17.8 Å². The van der Waals surface area contributed by atoms with Crippen molar-refractivity contribution in [2.24, 2.45) is 5.92 Å². The van der Waals surface area contributed by atoms with Crippen LogP contribution in [0.1, 0.15) is 49.6 Å². The lowest BCUT2D eigenvalue weighted by molar-refractivity contribution is -0.121. The van der Waals surface area contributed by atoms with Crippen LogP contribution in [0.2, 0.25) is 0 Å². The molecule has 1 aromatic carbocycles. The van der Waals surface area contributed by atoms with E-state index in [1.54, 1.807) is 0 Å². The van der Waals surface area contributed by atoms with E-state index >= 15 is 0 Å². The van der Waals surface area contributed by atoms with Crippen molar-refractivity contribution in [2.45, 2.75) is 58.9 Å². The normalized spacial score (nSPS) is 20.8. The van der Waals surface area contributed by atoms with Gasteiger partial charge in [-0.2, -0.15) is 5.10 Å². The summed E-state index contributed by atoms with van der Waals surface area (Å²) in [5, 5.41) is 7.85. The van der Waals surface area contributed by atoms with Crippen LogP contribution in [-0.2, 0) is 11.2 Å². The molecule has 24 heavy (non-hydrogen) atoms. The minimum Gasteiger partial charge on any atom is -0.353 e. The Morgan fingerprint density at radius 1 is 1.25 bits per heavy atom. The van der Waals surface area contributed by atoms with Gasteiger partial charge in [-0.05, 0) is 44.7 Å². The van der Waals surface area contributed by atoms with Crippen molar-refractivity contribution in [2.75, 3.05) is 0 Å². The third-order valence-corrected chi connectivity index (χ3v) is 5.08. The molecule has 2 atom stereocenters. The summed E-state index contributed by atoms with van der Waals surface area (Å²) in [5.41, 5.74) is 4.06. The lowest BCUT2D eigenvalue weighted by atomic mass is 9.87. The molecular weight excluding hydrogens is 298 g/mol. The number of carbonyl (C=O) groups excluding carboxylic acids is 1. The Morgan fingerprint density at radius 2 is 2.00 bits per heavy atom. The van der Waals surface area contributed by atoms with Gasteiger partial charge in [0.2, 0.25) is 5.91 Å². The van der Waals surface area contributed by atoms with Crippen LogP contribution in [0, 0.1) is 19.8 Å². The van der Waals surface area contributed by atoms with Crippen LogP contribution >= 0.6 is 0 Å². The number of nitrogens with zero attached hydrogens (tertiary/aromatic N) is 2. The number of carbonyl (C=O) groups is 1. The molecule has 4 heteroatoms. The Balaban J connectivity index is 1.71. The number of nitrogens with one attached hydrogen (secondary N) is 1. The Bertz CT molecular complexity index is 705. The molecule has 1 heterocycles. The molecule has 1 fully saturated rings. The Hall–Kier alpha value is -2.10. The van der Waals surface area contributed by atoms with Crippen molar-refractivity contribution < 1.29 is 4.79 Å². The molecule has 2 unspecified atom stereocenters. The molecule has 0 aliphatic heterocycles. The van der Waals surface area contributed by atoms with Crippen LogP contribution in [0.25, 0.3) is 5.69 Å².